The number of halogens is 3. The van der Waals surface area contributed by atoms with E-state index in [9.17, 15) is 18.0 Å². The molecule has 14 heteroatoms. The first kappa shape index (κ1) is 29.1. The van der Waals surface area contributed by atoms with Crippen LogP contribution in [0.25, 0.3) is 5.70 Å². The fraction of sp³-hybridized carbons (Fsp3) is 0.259. The summed E-state index contributed by atoms with van der Waals surface area (Å²) in [6.07, 6.45) is 0.769. The number of ether oxygens (including phenoxy) is 1. The van der Waals surface area contributed by atoms with Crippen molar-refractivity contribution in [2.75, 3.05) is 48.5 Å². The average molecular weight is 568 g/mol. The molecule has 1 aromatic carbocycles. The van der Waals surface area contributed by atoms with Crippen LogP contribution in [0.2, 0.25) is 0 Å². The van der Waals surface area contributed by atoms with Crippen molar-refractivity contribution in [1.82, 2.24) is 14.9 Å². The van der Waals surface area contributed by atoms with Gasteiger partial charge in [0.15, 0.2) is 0 Å². The molecule has 0 radical (unpaired) electrons. The largest absolute Gasteiger partial charge is 0.573 e. The van der Waals surface area contributed by atoms with Gasteiger partial charge in [-0.15, -0.1) is 13.2 Å². The van der Waals surface area contributed by atoms with Gasteiger partial charge in [0.25, 0.3) is 5.91 Å². The summed E-state index contributed by atoms with van der Waals surface area (Å²) in [4.78, 5) is 25.4. The second-order valence-electron chi connectivity index (χ2n) is 9.40. The number of nitrogens with one attached hydrogen (secondary N) is 1. The number of aromatic nitrogens is 2. The van der Waals surface area contributed by atoms with Crippen LogP contribution in [-0.4, -0.2) is 60.4 Å². The highest BCUT2D eigenvalue weighted by molar-refractivity contribution is 6.05. The average Bonchev–Trinajstić information content (AvgIpc) is 2.93. The molecule has 11 nitrogen and oxygen atoms in total. The number of nitriles is 1. The van der Waals surface area contributed by atoms with Gasteiger partial charge < -0.3 is 25.6 Å². The summed E-state index contributed by atoms with van der Waals surface area (Å²) >= 11 is 0. The van der Waals surface area contributed by atoms with E-state index in [-0.39, 0.29) is 16.9 Å². The molecule has 2 aromatic heterocycles. The van der Waals surface area contributed by atoms with Gasteiger partial charge in [0.1, 0.15) is 11.8 Å². The van der Waals surface area contributed by atoms with E-state index in [4.69, 9.17) is 16.8 Å². The molecule has 5 N–H and O–H groups in total. The second-order valence-corrected chi connectivity index (χ2v) is 9.40. The van der Waals surface area contributed by atoms with Crippen molar-refractivity contribution < 1.29 is 22.7 Å². The van der Waals surface area contributed by atoms with Crippen LogP contribution >= 0.6 is 0 Å². The number of alkyl halides is 3. The summed E-state index contributed by atoms with van der Waals surface area (Å²) in [7, 11) is 1.96. The molecule has 41 heavy (non-hydrogen) atoms. The summed E-state index contributed by atoms with van der Waals surface area (Å²) in [5.74, 6) is 5.05. The van der Waals surface area contributed by atoms with Crippen molar-refractivity contribution in [3.63, 3.8) is 0 Å². The van der Waals surface area contributed by atoms with Crippen LogP contribution in [0.3, 0.4) is 0 Å². The maximum Gasteiger partial charge on any atom is 0.573 e. The highest BCUT2D eigenvalue weighted by atomic mass is 19.4. The zero-order valence-electron chi connectivity index (χ0n) is 22.3. The van der Waals surface area contributed by atoms with Crippen molar-refractivity contribution in [2.24, 2.45) is 11.6 Å². The first-order valence-corrected chi connectivity index (χ1v) is 12.4. The SMILES string of the molecule is Cc1ncc(NC(=O)c2cc(OC(F)(F)F)cc(N3CCN(C)CC3)c2)cc1N(N)/C=C(\N)c1cncc(C#N)c1. The molecular weight excluding hydrogens is 539 g/mol. The number of nitrogens with zero attached hydrogens (tertiary/aromatic N) is 6. The fourth-order valence-electron chi connectivity index (χ4n) is 4.16. The Bertz CT molecular complexity index is 1500. The minimum atomic E-state index is -4.92. The number of carbonyl (C=O) groups excluding carboxylic acids is 1. The van der Waals surface area contributed by atoms with Crippen LogP contribution in [0, 0.1) is 18.3 Å². The van der Waals surface area contributed by atoms with E-state index < -0.39 is 18.0 Å². The lowest BCUT2D eigenvalue weighted by Gasteiger charge is -2.34. The van der Waals surface area contributed by atoms with Gasteiger partial charge in [-0.3, -0.25) is 19.8 Å². The molecule has 0 bridgehead atoms. The predicted octanol–water partition coefficient (Wildman–Crippen LogP) is 3.20. The summed E-state index contributed by atoms with van der Waals surface area (Å²) < 4.78 is 43.3. The van der Waals surface area contributed by atoms with E-state index in [1.807, 2.05) is 18.0 Å². The number of aryl methyl sites for hydroxylation is 1. The maximum absolute atomic E-state index is 13.2. The Kier molecular flexibility index (Phi) is 8.60. The lowest BCUT2D eigenvalue weighted by Crippen LogP contribution is -2.44. The number of piperazine rings is 1. The number of pyridine rings is 2. The molecule has 0 saturated carbocycles. The number of rotatable bonds is 7. The van der Waals surface area contributed by atoms with Crippen LogP contribution in [0.5, 0.6) is 5.75 Å². The highest BCUT2D eigenvalue weighted by Gasteiger charge is 2.32. The Labute approximate surface area is 234 Å². The van der Waals surface area contributed by atoms with Gasteiger partial charge in [0.2, 0.25) is 0 Å². The van der Waals surface area contributed by atoms with Crippen molar-refractivity contribution in [2.45, 2.75) is 13.3 Å². The van der Waals surface area contributed by atoms with Gasteiger partial charge in [-0.05, 0) is 38.2 Å². The smallest absolute Gasteiger partial charge is 0.406 e. The number of hydrogen-bond donors (Lipinski definition) is 3. The lowest BCUT2D eigenvalue weighted by molar-refractivity contribution is -0.274. The van der Waals surface area contributed by atoms with Crippen LogP contribution in [0.15, 0.2) is 55.1 Å². The van der Waals surface area contributed by atoms with Crippen molar-refractivity contribution >= 4 is 28.7 Å². The number of amides is 1. The molecule has 4 rings (SSSR count). The number of nitrogens with two attached hydrogens (primary N) is 2. The quantitative estimate of drug-likeness (QED) is 0.287. The first-order valence-electron chi connectivity index (χ1n) is 12.4. The molecule has 1 aliphatic heterocycles. The minimum absolute atomic E-state index is 0.0265. The van der Waals surface area contributed by atoms with Gasteiger partial charge >= 0.3 is 6.36 Å². The summed E-state index contributed by atoms with van der Waals surface area (Å²) in [5.41, 5.74) is 8.73. The molecule has 3 aromatic rings. The number of carbonyl (C=O) groups is 1. The highest BCUT2D eigenvalue weighted by Crippen LogP contribution is 2.30. The Hall–Kier alpha value is -4.87. The molecule has 0 unspecified atom stereocenters. The Balaban J connectivity index is 1.58. The van der Waals surface area contributed by atoms with Crippen LogP contribution in [-0.2, 0) is 0 Å². The predicted molar refractivity (Wildman–Crippen MR) is 148 cm³/mol. The molecule has 0 spiro atoms. The number of anilines is 3. The molecule has 1 fully saturated rings. The number of benzene rings is 1. The van der Waals surface area contributed by atoms with Crippen LogP contribution < -0.4 is 31.5 Å². The van der Waals surface area contributed by atoms with Crippen LogP contribution in [0.4, 0.5) is 30.2 Å². The molecular formula is C27H28F3N9O2. The fourth-order valence-corrected chi connectivity index (χ4v) is 4.16. The number of likely N-dealkylation sites (N-methyl/N-ethyl adjacent to an activating group) is 1. The van der Waals surface area contributed by atoms with E-state index in [0.29, 0.717) is 41.3 Å². The molecule has 0 aliphatic carbocycles. The monoisotopic (exact) mass is 567 g/mol. The Morgan fingerprint density at radius 2 is 1.85 bits per heavy atom. The first-order chi connectivity index (χ1) is 19.4. The normalized spacial score (nSPS) is 14.4. The van der Waals surface area contributed by atoms with Gasteiger partial charge in [-0.1, -0.05) is 0 Å². The van der Waals surface area contributed by atoms with Crippen molar-refractivity contribution in [3.05, 3.63) is 77.5 Å². The Morgan fingerprint density at radius 3 is 2.54 bits per heavy atom. The number of hydrogen-bond acceptors (Lipinski definition) is 10. The van der Waals surface area contributed by atoms with Gasteiger partial charge in [-0.25, -0.2) is 5.84 Å². The third-order valence-corrected chi connectivity index (χ3v) is 6.33. The minimum Gasteiger partial charge on any atom is -0.406 e. The van der Waals surface area contributed by atoms with Crippen molar-refractivity contribution in [1.29, 1.82) is 5.26 Å². The lowest BCUT2D eigenvalue weighted by atomic mass is 10.1. The van der Waals surface area contributed by atoms with Gasteiger partial charge in [0, 0.05) is 67.7 Å². The molecule has 0 atom stereocenters. The van der Waals surface area contributed by atoms with E-state index in [2.05, 4.69) is 24.9 Å². The standard InChI is InChI=1S/C27H28F3N9O2/c1-17-25(39(33)16-24(32)20-7-18(12-31)13-34-14-20)10-21(15-35-17)36-26(40)19-8-22(38-5-3-37(2)4-6-38)11-23(9-19)41-27(28,29)30/h7-11,13-16H,3-6,32-33H2,1-2H3,(H,36,40)/b24-16-. The third kappa shape index (κ3) is 7.62. The second kappa shape index (κ2) is 12.1. The summed E-state index contributed by atoms with van der Waals surface area (Å²) in [6.45, 7) is 4.30. The van der Waals surface area contributed by atoms with Gasteiger partial charge in [0.05, 0.1) is 34.5 Å². The zero-order valence-corrected chi connectivity index (χ0v) is 22.3. The van der Waals surface area contributed by atoms with Gasteiger partial charge in [-0.2, -0.15) is 5.26 Å². The van der Waals surface area contributed by atoms with E-state index in [0.717, 1.165) is 19.2 Å². The molecule has 3 heterocycles. The van der Waals surface area contributed by atoms with Crippen LogP contribution in [0.1, 0.15) is 27.2 Å². The third-order valence-electron chi connectivity index (χ3n) is 6.33. The van der Waals surface area contributed by atoms with E-state index in [1.54, 1.807) is 19.1 Å². The topological polar surface area (TPSA) is 150 Å². The zero-order chi connectivity index (χ0) is 29.7. The van der Waals surface area contributed by atoms with E-state index in [1.165, 1.54) is 41.9 Å². The molecule has 214 valence electrons. The summed E-state index contributed by atoms with van der Waals surface area (Å²) in [5, 5.41) is 13.0. The molecule has 1 aliphatic rings. The van der Waals surface area contributed by atoms with E-state index >= 15 is 0 Å². The molecule has 1 saturated heterocycles. The number of hydrazine groups is 1. The Morgan fingerprint density at radius 1 is 1.12 bits per heavy atom. The molecule has 1 amide bonds. The summed E-state index contributed by atoms with van der Waals surface area (Å²) in [6, 6.07) is 8.92. The van der Waals surface area contributed by atoms with Crippen molar-refractivity contribution in [3.8, 4) is 11.8 Å². The maximum atomic E-state index is 13.2.